The summed E-state index contributed by atoms with van der Waals surface area (Å²) in [5.74, 6) is -1.12. The summed E-state index contributed by atoms with van der Waals surface area (Å²) in [6.07, 6.45) is 5.81. The summed E-state index contributed by atoms with van der Waals surface area (Å²) < 4.78 is 65.3. The van der Waals surface area contributed by atoms with Gasteiger partial charge in [0, 0.05) is 41.5 Å². The van der Waals surface area contributed by atoms with Crippen molar-refractivity contribution in [3.8, 4) is 5.88 Å². The maximum atomic E-state index is 15.6. The predicted octanol–water partition coefficient (Wildman–Crippen LogP) is 4.67. The molecule has 2 aromatic carbocycles. The molecule has 1 aliphatic carbocycles. The third-order valence-corrected chi connectivity index (χ3v) is 10.1. The van der Waals surface area contributed by atoms with Crippen molar-refractivity contribution in [3.63, 3.8) is 0 Å². The monoisotopic (exact) mass is 543 g/mol. The summed E-state index contributed by atoms with van der Waals surface area (Å²) in [5.41, 5.74) is -1.27. The Hall–Kier alpha value is -2.95. The Bertz CT molecular complexity index is 1400. The minimum Gasteiger partial charge on any atom is -0.476 e. The van der Waals surface area contributed by atoms with E-state index in [1.165, 1.54) is 22.9 Å². The van der Waals surface area contributed by atoms with Gasteiger partial charge in [-0.15, -0.1) is 0 Å². The Labute approximate surface area is 221 Å². The van der Waals surface area contributed by atoms with Gasteiger partial charge in [-0.25, -0.2) is 22.2 Å². The fourth-order valence-electron chi connectivity index (χ4n) is 5.98. The van der Waals surface area contributed by atoms with Crippen molar-refractivity contribution in [2.45, 2.75) is 68.4 Å². The summed E-state index contributed by atoms with van der Waals surface area (Å²) in [4.78, 5) is 8.01. The number of hydrogen-bond acceptors (Lipinski definition) is 6. The Morgan fingerprint density at radius 3 is 2.50 bits per heavy atom. The first-order chi connectivity index (χ1) is 18.0. The second-order valence-electron chi connectivity index (χ2n) is 10.8. The van der Waals surface area contributed by atoms with Crippen LogP contribution < -0.4 is 4.74 Å². The van der Waals surface area contributed by atoms with Crippen molar-refractivity contribution in [1.82, 2.24) is 14.3 Å². The molecule has 3 aromatic rings. The zero-order valence-electron chi connectivity index (χ0n) is 21.3. The van der Waals surface area contributed by atoms with Crippen LogP contribution in [0.25, 0.3) is 0 Å². The Morgan fingerprint density at radius 1 is 1.11 bits per heavy atom. The number of aromatic nitrogens is 2. The Morgan fingerprint density at radius 2 is 1.84 bits per heavy atom. The molecule has 1 saturated carbocycles. The molecule has 2 fully saturated rings. The van der Waals surface area contributed by atoms with Gasteiger partial charge in [-0.05, 0) is 57.2 Å². The topological polar surface area (TPSA) is 92.6 Å². The lowest BCUT2D eigenvalue weighted by Crippen LogP contribution is -2.56. The van der Waals surface area contributed by atoms with Crippen LogP contribution in [0.4, 0.5) is 8.78 Å². The van der Waals surface area contributed by atoms with Crippen LogP contribution >= 0.6 is 0 Å². The first-order valence-electron chi connectivity index (χ1n) is 12.7. The van der Waals surface area contributed by atoms with Gasteiger partial charge in [-0.2, -0.15) is 4.31 Å². The van der Waals surface area contributed by atoms with Crippen LogP contribution in [0.15, 0.2) is 61.1 Å². The fourth-order valence-corrected chi connectivity index (χ4v) is 8.17. The van der Waals surface area contributed by atoms with E-state index in [1.807, 2.05) is 6.07 Å². The molecule has 1 N–H and O–H groups in total. The van der Waals surface area contributed by atoms with Gasteiger partial charge in [-0.3, -0.25) is 4.98 Å². The molecule has 0 unspecified atom stereocenters. The molecule has 0 amide bonds. The van der Waals surface area contributed by atoms with Crippen molar-refractivity contribution in [2.24, 2.45) is 0 Å². The van der Waals surface area contributed by atoms with E-state index in [1.54, 1.807) is 38.1 Å². The smallest absolute Gasteiger partial charge is 0.232 e. The summed E-state index contributed by atoms with van der Waals surface area (Å²) in [5, 5.41) is 9.74. The Kier molecular flexibility index (Phi) is 7.00. The van der Waals surface area contributed by atoms with Crippen LogP contribution in [0.5, 0.6) is 5.88 Å². The van der Waals surface area contributed by atoms with E-state index in [4.69, 9.17) is 4.74 Å². The highest BCUT2D eigenvalue weighted by atomic mass is 32.2. The van der Waals surface area contributed by atoms with E-state index >= 15 is 8.78 Å². The van der Waals surface area contributed by atoms with E-state index in [9.17, 15) is 13.5 Å². The van der Waals surface area contributed by atoms with Crippen molar-refractivity contribution in [2.75, 3.05) is 6.61 Å². The lowest BCUT2D eigenvalue weighted by molar-refractivity contribution is -0.0913. The standard InChI is InChI=1S/C28H31F2N3O4S/c1-19-8-9-25(20-6-4-3-5-7-20)38(35,36)33(19)15-21-12-24(30)22(13-23(21)29)28(16-27(2,34)17-28)18-37-26-14-31-10-11-32-26/h3-7,10-14,19,25,34H,8-9,15-18H2,1-2H3/t19-,25+,27?,28?/m0/s1. The molecular weight excluding hydrogens is 512 g/mol. The number of rotatable bonds is 7. The molecule has 10 heteroatoms. The van der Waals surface area contributed by atoms with Crippen molar-refractivity contribution in [3.05, 3.63) is 89.4 Å². The van der Waals surface area contributed by atoms with E-state index < -0.39 is 37.9 Å². The maximum absolute atomic E-state index is 15.6. The number of ether oxygens (including phenoxy) is 1. The van der Waals surface area contributed by atoms with Crippen LogP contribution in [0.1, 0.15) is 61.5 Å². The van der Waals surface area contributed by atoms with Gasteiger partial charge in [0.15, 0.2) is 0 Å². The van der Waals surface area contributed by atoms with Gasteiger partial charge < -0.3 is 9.84 Å². The zero-order chi connectivity index (χ0) is 27.1. The number of aliphatic hydroxyl groups is 1. The summed E-state index contributed by atoms with van der Waals surface area (Å²) >= 11 is 0. The van der Waals surface area contributed by atoms with Crippen molar-refractivity contribution >= 4 is 10.0 Å². The van der Waals surface area contributed by atoms with Crippen molar-refractivity contribution < 1.29 is 27.0 Å². The fraction of sp³-hybridized carbons (Fsp3) is 0.429. The van der Waals surface area contributed by atoms with Crippen LogP contribution in [-0.4, -0.2) is 46.0 Å². The molecule has 1 saturated heterocycles. The summed E-state index contributed by atoms with van der Waals surface area (Å²) in [6.45, 7) is 3.14. The van der Waals surface area contributed by atoms with Gasteiger partial charge >= 0.3 is 0 Å². The molecule has 0 bridgehead atoms. The third kappa shape index (κ3) is 5.04. The largest absolute Gasteiger partial charge is 0.476 e. The number of sulfonamides is 1. The highest BCUT2D eigenvalue weighted by Crippen LogP contribution is 2.51. The van der Waals surface area contributed by atoms with Crippen LogP contribution in [0.3, 0.4) is 0 Å². The molecule has 2 aliphatic rings. The van der Waals surface area contributed by atoms with Gasteiger partial charge in [0.25, 0.3) is 0 Å². The van der Waals surface area contributed by atoms with Crippen LogP contribution in [0, 0.1) is 11.6 Å². The predicted molar refractivity (Wildman–Crippen MR) is 138 cm³/mol. The molecular formula is C28H31F2N3O4S. The molecule has 5 rings (SSSR count). The molecule has 1 aliphatic heterocycles. The molecule has 2 atom stereocenters. The van der Waals surface area contributed by atoms with Crippen molar-refractivity contribution in [1.29, 1.82) is 0 Å². The second-order valence-corrected chi connectivity index (χ2v) is 12.9. The normalized spacial score (nSPS) is 29.0. The van der Waals surface area contributed by atoms with Gasteiger partial charge in [-0.1, -0.05) is 30.3 Å². The van der Waals surface area contributed by atoms with E-state index in [-0.39, 0.29) is 49.0 Å². The minimum atomic E-state index is -3.80. The average Bonchev–Trinajstić information content (AvgIpc) is 2.86. The minimum absolute atomic E-state index is 0.0200. The summed E-state index contributed by atoms with van der Waals surface area (Å²) in [6, 6.07) is 10.8. The lowest BCUT2D eigenvalue weighted by atomic mass is 9.57. The van der Waals surface area contributed by atoms with E-state index in [0.717, 1.165) is 12.1 Å². The Balaban J connectivity index is 1.42. The lowest BCUT2D eigenvalue weighted by Gasteiger charge is -2.51. The molecule has 202 valence electrons. The molecule has 0 spiro atoms. The molecule has 1 aromatic heterocycles. The number of hydrogen-bond donors (Lipinski definition) is 1. The SMILES string of the molecule is C[C@H]1CC[C@H](c2ccccc2)S(=O)(=O)N1Cc1cc(F)c(C2(COc3cnccn3)CC(C)(O)C2)cc1F. The highest BCUT2D eigenvalue weighted by molar-refractivity contribution is 7.89. The molecule has 38 heavy (non-hydrogen) atoms. The second kappa shape index (κ2) is 9.98. The average molecular weight is 544 g/mol. The number of benzene rings is 2. The quantitative estimate of drug-likeness (QED) is 0.466. The molecule has 0 radical (unpaired) electrons. The van der Waals surface area contributed by atoms with Gasteiger partial charge in [0.1, 0.15) is 16.9 Å². The first kappa shape index (κ1) is 26.6. The third-order valence-electron chi connectivity index (χ3n) is 7.70. The van der Waals surface area contributed by atoms with Gasteiger partial charge in [0.05, 0.1) is 18.4 Å². The van der Waals surface area contributed by atoms with E-state index in [0.29, 0.717) is 18.4 Å². The van der Waals surface area contributed by atoms with Gasteiger partial charge in [0.2, 0.25) is 15.9 Å². The summed E-state index contributed by atoms with van der Waals surface area (Å²) in [7, 11) is -3.80. The number of halogens is 2. The van der Waals surface area contributed by atoms with Crippen LogP contribution in [-0.2, 0) is 22.0 Å². The number of nitrogens with zero attached hydrogens (tertiary/aromatic N) is 3. The van der Waals surface area contributed by atoms with Crippen LogP contribution in [0.2, 0.25) is 0 Å². The highest BCUT2D eigenvalue weighted by Gasteiger charge is 2.54. The van der Waals surface area contributed by atoms with E-state index in [2.05, 4.69) is 9.97 Å². The maximum Gasteiger partial charge on any atom is 0.232 e. The zero-order valence-corrected chi connectivity index (χ0v) is 22.2. The molecule has 2 heterocycles. The first-order valence-corrected chi connectivity index (χ1v) is 14.2. The molecule has 7 nitrogen and oxygen atoms in total.